The van der Waals surface area contributed by atoms with Crippen LogP contribution in [0.1, 0.15) is 42.2 Å². The molecule has 0 unspecified atom stereocenters. The van der Waals surface area contributed by atoms with Crippen molar-refractivity contribution >= 4 is 22.8 Å². The van der Waals surface area contributed by atoms with E-state index in [1.807, 2.05) is 6.92 Å². The summed E-state index contributed by atoms with van der Waals surface area (Å²) in [6, 6.07) is 3.39. The summed E-state index contributed by atoms with van der Waals surface area (Å²) in [4.78, 5) is 26.2. The summed E-state index contributed by atoms with van der Waals surface area (Å²) in [5, 5.41) is 12.4. The second-order valence-electron chi connectivity index (χ2n) is 5.37. The molecule has 2 aromatic rings. The molecule has 0 saturated carbocycles. The van der Waals surface area contributed by atoms with Crippen LogP contribution < -0.4 is 5.32 Å². The molecular formula is C16H19FN2O3. The van der Waals surface area contributed by atoms with Gasteiger partial charge < -0.3 is 15.4 Å². The third-order valence-electron chi connectivity index (χ3n) is 3.60. The zero-order chi connectivity index (χ0) is 16.3. The fraction of sp³-hybridized carbons (Fsp3) is 0.375. The summed E-state index contributed by atoms with van der Waals surface area (Å²) in [5.74, 6) is -1.94. The average molecular weight is 306 g/mol. The summed E-state index contributed by atoms with van der Waals surface area (Å²) in [5.41, 5.74) is 1.46. The number of aryl methyl sites for hydroxylation is 1. The number of unbranched alkanes of at least 4 members (excludes halogenated alkanes) is 1. The summed E-state index contributed by atoms with van der Waals surface area (Å²) in [6.45, 7) is 3.71. The number of amides is 1. The Kier molecular flexibility index (Phi) is 4.80. The van der Waals surface area contributed by atoms with Crippen molar-refractivity contribution in [3.8, 4) is 0 Å². The number of fused-ring (bicyclic) bond motifs is 1. The smallest absolute Gasteiger partial charge is 0.326 e. The van der Waals surface area contributed by atoms with Crippen molar-refractivity contribution < 1.29 is 19.1 Å². The predicted molar refractivity (Wildman–Crippen MR) is 81.4 cm³/mol. The monoisotopic (exact) mass is 306 g/mol. The summed E-state index contributed by atoms with van der Waals surface area (Å²) < 4.78 is 13.4. The third kappa shape index (κ3) is 3.44. The van der Waals surface area contributed by atoms with Gasteiger partial charge in [0.2, 0.25) is 0 Å². The number of benzene rings is 1. The van der Waals surface area contributed by atoms with E-state index in [-0.39, 0.29) is 11.5 Å². The highest BCUT2D eigenvalue weighted by Gasteiger charge is 2.21. The van der Waals surface area contributed by atoms with Crippen LogP contribution in [0.2, 0.25) is 0 Å². The lowest BCUT2D eigenvalue weighted by Crippen LogP contribution is -2.40. The van der Waals surface area contributed by atoms with Crippen LogP contribution in [0.25, 0.3) is 10.9 Å². The molecule has 1 atom stereocenters. The van der Waals surface area contributed by atoms with Crippen LogP contribution in [0.15, 0.2) is 18.2 Å². The van der Waals surface area contributed by atoms with Crippen molar-refractivity contribution in [2.45, 2.75) is 39.2 Å². The normalized spacial score (nSPS) is 12.3. The number of rotatable bonds is 6. The first kappa shape index (κ1) is 16.0. The number of carbonyl (C=O) groups is 2. The molecule has 22 heavy (non-hydrogen) atoms. The molecule has 2 rings (SSSR count). The number of H-pyrrole nitrogens is 1. The third-order valence-corrected chi connectivity index (χ3v) is 3.60. The highest BCUT2D eigenvalue weighted by molar-refractivity contribution is 6.00. The van der Waals surface area contributed by atoms with Gasteiger partial charge in [0.1, 0.15) is 17.6 Å². The van der Waals surface area contributed by atoms with Crippen molar-refractivity contribution in [2.75, 3.05) is 0 Å². The Morgan fingerprint density at radius 2 is 2.09 bits per heavy atom. The molecule has 0 bridgehead atoms. The fourth-order valence-electron chi connectivity index (χ4n) is 2.40. The van der Waals surface area contributed by atoms with Gasteiger partial charge in [0, 0.05) is 10.9 Å². The summed E-state index contributed by atoms with van der Waals surface area (Å²) in [6.07, 6.45) is 1.95. The second kappa shape index (κ2) is 6.60. The maximum absolute atomic E-state index is 13.4. The number of carboxylic acid groups (broad SMARTS) is 1. The summed E-state index contributed by atoms with van der Waals surface area (Å²) >= 11 is 0. The lowest BCUT2D eigenvalue weighted by atomic mass is 10.1. The molecule has 0 saturated heterocycles. The Bertz CT molecular complexity index is 709. The average Bonchev–Trinajstić information content (AvgIpc) is 2.87. The number of carbonyl (C=O) groups excluding carboxylic acids is 1. The Hall–Kier alpha value is -2.37. The largest absolute Gasteiger partial charge is 0.480 e. The first-order chi connectivity index (χ1) is 10.4. The molecular weight excluding hydrogens is 287 g/mol. The standard InChI is InChI=1S/C16H19FN2O3/c1-3-4-5-12(16(21)22)19-15(20)14-8-11-9(2)6-10(17)7-13(11)18-14/h6-8,12,18H,3-5H2,1-2H3,(H,19,20)(H,21,22)/t12-/m0/s1. The van der Waals surface area contributed by atoms with Gasteiger partial charge >= 0.3 is 5.97 Å². The van der Waals surface area contributed by atoms with Crippen molar-refractivity contribution in [1.29, 1.82) is 0 Å². The molecule has 1 aromatic carbocycles. The molecule has 0 radical (unpaired) electrons. The molecule has 1 aromatic heterocycles. The Balaban J connectivity index is 2.21. The first-order valence-electron chi connectivity index (χ1n) is 7.25. The lowest BCUT2D eigenvalue weighted by Gasteiger charge is -2.13. The second-order valence-corrected chi connectivity index (χ2v) is 5.37. The summed E-state index contributed by atoms with van der Waals surface area (Å²) in [7, 11) is 0. The van der Waals surface area contributed by atoms with Gasteiger partial charge in [-0.1, -0.05) is 19.8 Å². The fourth-order valence-corrected chi connectivity index (χ4v) is 2.40. The van der Waals surface area contributed by atoms with Gasteiger partial charge in [0.25, 0.3) is 5.91 Å². The molecule has 118 valence electrons. The molecule has 0 fully saturated rings. The molecule has 0 spiro atoms. The highest BCUT2D eigenvalue weighted by Crippen LogP contribution is 2.21. The Labute approximate surface area is 127 Å². The van der Waals surface area contributed by atoms with Crippen molar-refractivity contribution in [3.05, 3.63) is 35.3 Å². The first-order valence-corrected chi connectivity index (χ1v) is 7.25. The number of aromatic nitrogens is 1. The zero-order valence-electron chi connectivity index (χ0n) is 12.6. The van der Waals surface area contributed by atoms with Crippen LogP contribution >= 0.6 is 0 Å². The van der Waals surface area contributed by atoms with Crippen molar-refractivity contribution in [3.63, 3.8) is 0 Å². The van der Waals surface area contributed by atoms with E-state index >= 15 is 0 Å². The van der Waals surface area contributed by atoms with Gasteiger partial charge in [0.05, 0.1) is 0 Å². The number of aromatic amines is 1. The molecule has 6 heteroatoms. The van der Waals surface area contributed by atoms with Crippen LogP contribution in [-0.4, -0.2) is 28.0 Å². The van der Waals surface area contributed by atoms with Gasteiger partial charge in [-0.15, -0.1) is 0 Å². The van der Waals surface area contributed by atoms with Gasteiger partial charge in [-0.3, -0.25) is 4.79 Å². The number of carboxylic acids is 1. The lowest BCUT2D eigenvalue weighted by molar-refractivity contribution is -0.139. The van der Waals surface area contributed by atoms with E-state index < -0.39 is 17.9 Å². The molecule has 5 nitrogen and oxygen atoms in total. The molecule has 1 amide bonds. The number of nitrogens with one attached hydrogen (secondary N) is 2. The quantitative estimate of drug-likeness (QED) is 0.767. The highest BCUT2D eigenvalue weighted by atomic mass is 19.1. The number of halogens is 1. The molecule has 0 aliphatic carbocycles. The maximum atomic E-state index is 13.4. The van der Waals surface area contributed by atoms with E-state index in [1.165, 1.54) is 12.1 Å². The van der Waals surface area contributed by atoms with E-state index in [4.69, 9.17) is 5.11 Å². The molecule has 0 aliphatic heterocycles. The van der Waals surface area contributed by atoms with Crippen LogP contribution in [-0.2, 0) is 4.79 Å². The number of hydrogen-bond acceptors (Lipinski definition) is 2. The van der Waals surface area contributed by atoms with Crippen LogP contribution in [0.3, 0.4) is 0 Å². The van der Waals surface area contributed by atoms with Crippen molar-refractivity contribution in [1.82, 2.24) is 10.3 Å². The van der Waals surface area contributed by atoms with Gasteiger partial charge in [-0.25, -0.2) is 9.18 Å². The van der Waals surface area contributed by atoms with E-state index in [0.29, 0.717) is 23.9 Å². The van der Waals surface area contributed by atoms with E-state index in [1.54, 1.807) is 13.0 Å². The minimum Gasteiger partial charge on any atom is -0.480 e. The van der Waals surface area contributed by atoms with E-state index in [0.717, 1.165) is 11.8 Å². The van der Waals surface area contributed by atoms with Gasteiger partial charge in [-0.05, 0) is 37.1 Å². The zero-order valence-corrected chi connectivity index (χ0v) is 12.6. The Morgan fingerprint density at radius 3 is 2.73 bits per heavy atom. The Morgan fingerprint density at radius 1 is 1.36 bits per heavy atom. The maximum Gasteiger partial charge on any atom is 0.326 e. The van der Waals surface area contributed by atoms with E-state index in [9.17, 15) is 14.0 Å². The van der Waals surface area contributed by atoms with Gasteiger partial charge in [-0.2, -0.15) is 0 Å². The van der Waals surface area contributed by atoms with Crippen LogP contribution in [0, 0.1) is 12.7 Å². The molecule has 0 aliphatic rings. The van der Waals surface area contributed by atoms with Crippen LogP contribution in [0.4, 0.5) is 4.39 Å². The predicted octanol–water partition coefficient (Wildman–Crippen LogP) is 2.99. The number of hydrogen-bond donors (Lipinski definition) is 3. The molecule has 3 N–H and O–H groups in total. The molecule has 1 heterocycles. The van der Waals surface area contributed by atoms with E-state index in [2.05, 4.69) is 10.3 Å². The minimum absolute atomic E-state index is 0.228. The number of aliphatic carboxylic acids is 1. The van der Waals surface area contributed by atoms with Crippen LogP contribution in [0.5, 0.6) is 0 Å². The topological polar surface area (TPSA) is 82.2 Å². The minimum atomic E-state index is -1.06. The van der Waals surface area contributed by atoms with Gasteiger partial charge in [0.15, 0.2) is 0 Å². The van der Waals surface area contributed by atoms with Crippen molar-refractivity contribution in [2.24, 2.45) is 0 Å². The SMILES string of the molecule is CCCC[C@H](NC(=O)c1cc2c(C)cc(F)cc2[nH]1)C(=O)O.